The highest BCUT2D eigenvalue weighted by molar-refractivity contribution is 5.82. The van der Waals surface area contributed by atoms with Gasteiger partial charge in [-0.05, 0) is 18.6 Å². The molecule has 0 atom stereocenters. The molecule has 0 radical (unpaired) electrons. The van der Waals surface area contributed by atoms with E-state index in [1.165, 1.54) is 10.9 Å². The minimum atomic E-state index is 0. The summed E-state index contributed by atoms with van der Waals surface area (Å²) in [6.07, 6.45) is 0. The van der Waals surface area contributed by atoms with Crippen LogP contribution in [0.3, 0.4) is 0 Å². The van der Waals surface area contributed by atoms with Crippen LogP contribution in [0.1, 0.15) is 5.56 Å². The maximum absolute atomic E-state index is 5.90. The van der Waals surface area contributed by atoms with Crippen LogP contribution >= 0.6 is 0 Å². The Kier molecular flexibility index (Phi) is 6.00. The van der Waals surface area contributed by atoms with Gasteiger partial charge in [-0.15, -0.1) is 0 Å². The quantitative estimate of drug-likeness (QED) is 0.495. The van der Waals surface area contributed by atoms with Crippen LogP contribution in [0.25, 0.3) is 10.9 Å². The molecule has 2 heterocycles. The molecule has 0 aliphatic carbocycles. The van der Waals surface area contributed by atoms with Crippen molar-refractivity contribution >= 4 is 10.9 Å². The van der Waals surface area contributed by atoms with Crippen LogP contribution in [0.15, 0.2) is 30.3 Å². The molecule has 1 aromatic heterocycles. The first-order valence-electron chi connectivity index (χ1n) is 7.57. The summed E-state index contributed by atoms with van der Waals surface area (Å²) < 4.78 is 12.3. The number of rotatable bonds is 4. The molecule has 2 aromatic rings. The molecule has 4 nitrogen and oxygen atoms in total. The van der Waals surface area contributed by atoms with E-state index in [1.807, 2.05) is 24.3 Å². The highest BCUT2D eigenvalue weighted by Gasteiger charge is 2.24. The summed E-state index contributed by atoms with van der Waals surface area (Å²) in [4.78, 5) is 4.59. The summed E-state index contributed by atoms with van der Waals surface area (Å²) in [5, 5.41) is 1.19. The molecule has 0 spiro atoms. The van der Waals surface area contributed by atoms with Gasteiger partial charge in [-0.3, -0.25) is 0 Å². The summed E-state index contributed by atoms with van der Waals surface area (Å²) in [5.74, 6) is 0.728. The number of benzene rings is 1. The molecule has 1 aliphatic rings. The minimum absolute atomic E-state index is 0. The van der Waals surface area contributed by atoms with Crippen molar-refractivity contribution in [3.05, 3.63) is 35.9 Å². The molecule has 0 amide bonds. The largest absolute Gasteiger partial charge is 1.00 e. The molecule has 5 heteroatoms. The van der Waals surface area contributed by atoms with Crippen molar-refractivity contribution in [2.45, 2.75) is 6.92 Å². The number of hydrogen-bond acceptors (Lipinski definition) is 3. The number of fused-ring (bicyclic) bond motifs is 1. The number of aryl methyl sites for hydroxylation is 1. The molecule has 1 aromatic carbocycles. The third-order valence-corrected chi connectivity index (χ3v) is 4.33. The molecule has 0 N–H and O–H groups in total. The van der Waals surface area contributed by atoms with Gasteiger partial charge >= 0.3 is 0 Å². The lowest BCUT2D eigenvalue weighted by Crippen LogP contribution is -3.00. The van der Waals surface area contributed by atoms with Crippen LogP contribution in [0.5, 0.6) is 5.88 Å². The monoisotopic (exact) mass is 414 g/mol. The number of quaternary nitrogens is 1. The predicted molar refractivity (Wildman–Crippen MR) is 83.6 cm³/mol. The SMILES string of the molecule is Cc1cc(OCC[N+]2(C)CCOCC2)nc2ccccc12.[I-]. The normalized spacial score (nSPS) is 17.0. The summed E-state index contributed by atoms with van der Waals surface area (Å²) in [6.45, 7) is 7.62. The van der Waals surface area contributed by atoms with Gasteiger partial charge in [0, 0.05) is 11.5 Å². The summed E-state index contributed by atoms with van der Waals surface area (Å²) in [5.41, 5.74) is 2.21. The van der Waals surface area contributed by atoms with Crippen molar-refractivity contribution in [2.24, 2.45) is 0 Å². The Bertz CT molecular complexity index is 627. The Morgan fingerprint density at radius 2 is 1.95 bits per heavy atom. The van der Waals surface area contributed by atoms with E-state index in [9.17, 15) is 0 Å². The molecule has 0 bridgehead atoms. The van der Waals surface area contributed by atoms with E-state index in [2.05, 4.69) is 25.0 Å². The van der Waals surface area contributed by atoms with Crippen molar-refractivity contribution in [3.63, 3.8) is 0 Å². The highest BCUT2D eigenvalue weighted by atomic mass is 127. The number of para-hydroxylation sites is 1. The molecule has 0 saturated carbocycles. The van der Waals surface area contributed by atoms with E-state index in [-0.39, 0.29) is 24.0 Å². The second-order valence-electron chi connectivity index (χ2n) is 6.05. The predicted octanol–water partition coefficient (Wildman–Crippen LogP) is -0.597. The first-order chi connectivity index (χ1) is 10.2. The summed E-state index contributed by atoms with van der Waals surface area (Å²) in [7, 11) is 2.27. The second-order valence-corrected chi connectivity index (χ2v) is 6.05. The third-order valence-electron chi connectivity index (χ3n) is 4.33. The van der Waals surface area contributed by atoms with E-state index < -0.39 is 0 Å². The number of aromatic nitrogens is 1. The van der Waals surface area contributed by atoms with Gasteiger partial charge in [0.2, 0.25) is 5.88 Å². The number of halogens is 1. The number of morpholine rings is 1. The molecular formula is C17H23IN2O2. The Balaban J connectivity index is 0.00000176. The van der Waals surface area contributed by atoms with Crippen LogP contribution in [0, 0.1) is 6.92 Å². The van der Waals surface area contributed by atoms with Crippen molar-refractivity contribution < 1.29 is 37.9 Å². The first kappa shape index (κ1) is 17.4. The third kappa shape index (κ3) is 4.08. The highest BCUT2D eigenvalue weighted by Crippen LogP contribution is 2.21. The number of pyridine rings is 1. The lowest BCUT2D eigenvalue weighted by molar-refractivity contribution is -0.916. The maximum Gasteiger partial charge on any atom is 0.214 e. The topological polar surface area (TPSA) is 31.4 Å². The molecule has 1 aliphatic heterocycles. The Labute approximate surface area is 149 Å². The molecule has 1 saturated heterocycles. The zero-order valence-corrected chi connectivity index (χ0v) is 15.4. The van der Waals surface area contributed by atoms with Crippen molar-refractivity contribution in [1.29, 1.82) is 0 Å². The molecule has 120 valence electrons. The summed E-state index contributed by atoms with van der Waals surface area (Å²) >= 11 is 0. The van der Waals surface area contributed by atoms with E-state index in [0.29, 0.717) is 6.61 Å². The smallest absolute Gasteiger partial charge is 0.214 e. The summed E-state index contributed by atoms with van der Waals surface area (Å²) in [6, 6.07) is 10.2. The van der Waals surface area contributed by atoms with Gasteiger partial charge < -0.3 is 37.9 Å². The fourth-order valence-electron chi connectivity index (χ4n) is 2.77. The van der Waals surface area contributed by atoms with Crippen molar-refractivity contribution in [1.82, 2.24) is 4.98 Å². The van der Waals surface area contributed by atoms with Crippen molar-refractivity contribution in [2.75, 3.05) is 46.5 Å². The van der Waals surface area contributed by atoms with E-state index in [4.69, 9.17) is 9.47 Å². The number of hydrogen-bond donors (Lipinski definition) is 0. The van der Waals surface area contributed by atoms with Gasteiger partial charge in [-0.1, -0.05) is 18.2 Å². The molecule has 0 unspecified atom stereocenters. The fraction of sp³-hybridized carbons (Fsp3) is 0.471. The van der Waals surface area contributed by atoms with Gasteiger partial charge in [0.25, 0.3) is 0 Å². The van der Waals surface area contributed by atoms with Crippen LogP contribution < -0.4 is 28.7 Å². The minimum Gasteiger partial charge on any atom is -1.00 e. The van der Waals surface area contributed by atoms with Crippen LogP contribution in [0.4, 0.5) is 0 Å². The molecular weight excluding hydrogens is 391 g/mol. The average Bonchev–Trinajstić information content (AvgIpc) is 2.48. The fourth-order valence-corrected chi connectivity index (χ4v) is 2.77. The zero-order chi connectivity index (χ0) is 14.7. The maximum atomic E-state index is 5.90. The Hall–Kier alpha value is -0.920. The standard InChI is InChI=1S/C17H23N2O2.HI/c1-14-13-17(18-16-6-4-3-5-15(14)16)21-12-9-19(2)7-10-20-11-8-19;/h3-6,13H,7-12H2,1-2H3;1H/q+1;/p-1. The lowest BCUT2D eigenvalue weighted by atomic mass is 10.1. The van der Waals surface area contributed by atoms with Crippen LogP contribution in [-0.4, -0.2) is 56.0 Å². The zero-order valence-electron chi connectivity index (χ0n) is 13.2. The number of nitrogens with zero attached hydrogens (tertiary/aromatic N) is 2. The second kappa shape index (κ2) is 7.57. The Morgan fingerprint density at radius 1 is 1.23 bits per heavy atom. The van der Waals surface area contributed by atoms with Gasteiger partial charge in [-0.2, -0.15) is 0 Å². The van der Waals surface area contributed by atoms with Gasteiger partial charge in [0.1, 0.15) is 26.2 Å². The molecule has 1 fully saturated rings. The van der Waals surface area contributed by atoms with Crippen molar-refractivity contribution in [3.8, 4) is 5.88 Å². The van der Waals surface area contributed by atoms with Crippen LogP contribution in [0.2, 0.25) is 0 Å². The molecule has 3 rings (SSSR count). The van der Waals surface area contributed by atoms with Gasteiger partial charge in [-0.25, -0.2) is 4.98 Å². The average molecular weight is 414 g/mol. The first-order valence-corrected chi connectivity index (χ1v) is 7.57. The van der Waals surface area contributed by atoms with Gasteiger partial charge in [0.05, 0.1) is 25.8 Å². The number of ether oxygens (including phenoxy) is 2. The Morgan fingerprint density at radius 3 is 2.73 bits per heavy atom. The molecule has 22 heavy (non-hydrogen) atoms. The van der Waals surface area contributed by atoms with E-state index >= 15 is 0 Å². The van der Waals surface area contributed by atoms with E-state index in [1.54, 1.807) is 0 Å². The van der Waals surface area contributed by atoms with E-state index in [0.717, 1.165) is 48.7 Å². The van der Waals surface area contributed by atoms with Crippen LogP contribution in [-0.2, 0) is 4.74 Å². The number of likely N-dealkylation sites (N-methyl/N-ethyl adjacent to an activating group) is 1. The van der Waals surface area contributed by atoms with Gasteiger partial charge in [0.15, 0.2) is 0 Å². The lowest BCUT2D eigenvalue weighted by Gasteiger charge is -2.37.